The molecule has 0 aliphatic carbocycles. The average molecular weight is 279 g/mol. The highest BCUT2D eigenvalue weighted by Gasteiger charge is 2.16. The van der Waals surface area contributed by atoms with E-state index in [1.807, 2.05) is 32.0 Å². The van der Waals surface area contributed by atoms with Crippen molar-refractivity contribution in [2.75, 3.05) is 20.2 Å². The van der Waals surface area contributed by atoms with E-state index in [0.717, 1.165) is 23.3 Å². The van der Waals surface area contributed by atoms with E-state index in [0.29, 0.717) is 6.54 Å². The van der Waals surface area contributed by atoms with Gasteiger partial charge in [0.25, 0.3) is 0 Å². The number of carbonyl (C=O) groups is 2. The molecule has 5 nitrogen and oxygen atoms in total. The number of ether oxygens (including phenoxy) is 1. The van der Waals surface area contributed by atoms with Crippen LogP contribution in [0.2, 0.25) is 0 Å². The molecule has 1 aromatic carbocycles. The minimum absolute atomic E-state index is 0.180. The Hall–Kier alpha value is -2.04. The summed E-state index contributed by atoms with van der Waals surface area (Å²) in [6.45, 7) is 4.04. The van der Waals surface area contributed by atoms with Crippen molar-refractivity contribution in [1.82, 2.24) is 4.90 Å². The third kappa shape index (κ3) is 4.57. The molecule has 1 aromatic rings. The number of aliphatic carboxylic acids is 1. The number of carbonyl (C=O) groups excluding carboxylic acids is 1. The maximum absolute atomic E-state index is 12.1. The molecule has 5 heteroatoms. The number of hydrogen-bond donors (Lipinski definition) is 1. The summed E-state index contributed by atoms with van der Waals surface area (Å²) in [6.07, 6.45) is 0.917. The van der Waals surface area contributed by atoms with Gasteiger partial charge in [-0.3, -0.25) is 9.59 Å². The van der Waals surface area contributed by atoms with Gasteiger partial charge in [0, 0.05) is 6.54 Å². The molecule has 0 fully saturated rings. The van der Waals surface area contributed by atoms with Crippen molar-refractivity contribution in [3.63, 3.8) is 0 Å². The van der Waals surface area contributed by atoms with Gasteiger partial charge in [-0.1, -0.05) is 19.1 Å². The molecule has 0 radical (unpaired) electrons. The molecule has 0 unspecified atom stereocenters. The predicted molar refractivity (Wildman–Crippen MR) is 75.9 cm³/mol. The second-order valence-corrected chi connectivity index (χ2v) is 4.69. The van der Waals surface area contributed by atoms with Gasteiger partial charge in [0.2, 0.25) is 5.91 Å². The number of rotatable bonds is 7. The lowest BCUT2D eigenvalue weighted by Crippen LogP contribution is -2.37. The van der Waals surface area contributed by atoms with E-state index in [4.69, 9.17) is 9.84 Å². The second kappa shape index (κ2) is 7.53. The normalized spacial score (nSPS) is 10.2. The third-order valence-corrected chi connectivity index (χ3v) is 3.00. The first-order valence-corrected chi connectivity index (χ1v) is 6.61. The second-order valence-electron chi connectivity index (χ2n) is 4.69. The molecule has 0 aliphatic heterocycles. The Morgan fingerprint density at radius 1 is 1.35 bits per heavy atom. The summed E-state index contributed by atoms with van der Waals surface area (Å²) >= 11 is 0. The molecule has 0 heterocycles. The molecule has 20 heavy (non-hydrogen) atoms. The summed E-state index contributed by atoms with van der Waals surface area (Å²) in [7, 11) is 1.59. The van der Waals surface area contributed by atoms with E-state index < -0.39 is 5.97 Å². The van der Waals surface area contributed by atoms with Crippen LogP contribution in [-0.2, 0) is 16.0 Å². The van der Waals surface area contributed by atoms with Crippen molar-refractivity contribution >= 4 is 11.9 Å². The number of benzene rings is 1. The zero-order valence-electron chi connectivity index (χ0n) is 12.2. The molecule has 110 valence electrons. The van der Waals surface area contributed by atoms with E-state index >= 15 is 0 Å². The summed E-state index contributed by atoms with van der Waals surface area (Å²) in [6, 6.07) is 5.57. The van der Waals surface area contributed by atoms with Crippen LogP contribution >= 0.6 is 0 Å². The van der Waals surface area contributed by atoms with Crippen LogP contribution in [0.5, 0.6) is 5.75 Å². The van der Waals surface area contributed by atoms with Crippen molar-refractivity contribution in [2.24, 2.45) is 0 Å². The molecule has 0 saturated carbocycles. The van der Waals surface area contributed by atoms with Gasteiger partial charge in [0.05, 0.1) is 13.5 Å². The molecule has 0 bridgehead atoms. The monoisotopic (exact) mass is 279 g/mol. The van der Waals surface area contributed by atoms with Crippen LogP contribution in [0.3, 0.4) is 0 Å². The lowest BCUT2D eigenvalue weighted by molar-refractivity contribution is -0.144. The number of aryl methyl sites for hydroxylation is 1. The number of nitrogens with zero attached hydrogens (tertiary/aromatic N) is 1. The number of amides is 1. The average Bonchev–Trinajstić information content (AvgIpc) is 2.40. The van der Waals surface area contributed by atoms with E-state index in [-0.39, 0.29) is 18.9 Å². The summed E-state index contributed by atoms with van der Waals surface area (Å²) < 4.78 is 5.22. The topological polar surface area (TPSA) is 66.8 Å². The molecule has 0 spiro atoms. The summed E-state index contributed by atoms with van der Waals surface area (Å²) in [5, 5.41) is 8.83. The Balaban J connectivity index is 2.79. The zero-order chi connectivity index (χ0) is 15.1. The quantitative estimate of drug-likeness (QED) is 0.827. The van der Waals surface area contributed by atoms with Crippen LogP contribution < -0.4 is 4.74 Å². The Morgan fingerprint density at radius 2 is 2.05 bits per heavy atom. The van der Waals surface area contributed by atoms with Crippen LogP contribution in [0, 0.1) is 6.92 Å². The van der Waals surface area contributed by atoms with Crippen molar-refractivity contribution in [1.29, 1.82) is 0 Å². The Bertz CT molecular complexity index is 485. The largest absolute Gasteiger partial charge is 0.496 e. The molecule has 0 atom stereocenters. The zero-order valence-corrected chi connectivity index (χ0v) is 12.2. The molecule has 0 aromatic heterocycles. The van der Waals surface area contributed by atoms with Crippen molar-refractivity contribution in [2.45, 2.75) is 26.7 Å². The number of carboxylic acid groups (broad SMARTS) is 1. The minimum atomic E-state index is -0.992. The van der Waals surface area contributed by atoms with Gasteiger partial charge in [-0.05, 0) is 30.5 Å². The smallest absolute Gasteiger partial charge is 0.323 e. The number of methoxy groups -OCH3 is 1. The Kier molecular flexibility index (Phi) is 6.03. The van der Waals surface area contributed by atoms with Gasteiger partial charge in [-0.15, -0.1) is 0 Å². The molecule has 0 saturated heterocycles. The molecule has 1 amide bonds. The highest BCUT2D eigenvalue weighted by atomic mass is 16.5. The minimum Gasteiger partial charge on any atom is -0.496 e. The van der Waals surface area contributed by atoms with Crippen LogP contribution in [0.25, 0.3) is 0 Å². The third-order valence-electron chi connectivity index (χ3n) is 3.00. The van der Waals surface area contributed by atoms with Crippen molar-refractivity contribution < 1.29 is 19.4 Å². The van der Waals surface area contributed by atoms with Gasteiger partial charge < -0.3 is 14.7 Å². The molecular formula is C15H21NO4. The maximum Gasteiger partial charge on any atom is 0.323 e. The fourth-order valence-corrected chi connectivity index (χ4v) is 1.99. The number of hydrogen-bond acceptors (Lipinski definition) is 3. The highest BCUT2D eigenvalue weighted by molar-refractivity contribution is 5.83. The first-order chi connectivity index (χ1) is 9.47. The summed E-state index contributed by atoms with van der Waals surface area (Å²) in [4.78, 5) is 24.3. The fourth-order valence-electron chi connectivity index (χ4n) is 1.99. The summed E-state index contributed by atoms with van der Waals surface area (Å²) in [5.41, 5.74) is 1.82. The first kappa shape index (κ1) is 16.0. The van der Waals surface area contributed by atoms with E-state index in [9.17, 15) is 9.59 Å². The molecular weight excluding hydrogens is 258 g/mol. The van der Waals surface area contributed by atoms with Crippen molar-refractivity contribution in [3.8, 4) is 5.75 Å². The lowest BCUT2D eigenvalue weighted by atomic mass is 10.1. The van der Waals surface area contributed by atoms with Crippen molar-refractivity contribution in [3.05, 3.63) is 29.3 Å². The maximum atomic E-state index is 12.1. The number of carboxylic acids is 1. The fraction of sp³-hybridized carbons (Fsp3) is 0.467. The standard InChI is InChI=1S/C15H21NO4/c1-4-7-16(10-15(18)19)14(17)9-12-6-5-11(2)13(8-12)20-3/h5-6,8H,4,7,9-10H2,1-3H3,(H,18,19). The predicted octanol–water partition coefficient (Wildman–Crippen LogP) is 1.87. The lowest BCUT2D eigenvalue weighted by Gasteiger charge is -2.20. The SMILES string of the molecule is CCCN(CC(=O)O)C(=O)Cc1ccc(C)c(OC)c1. The van der Waals surface area contributed by atoms with E-state index in [1.165, 1.54) is 4.90 Å². The van der Waals surface area contributed by atoms with Crippen LogP contribution in [-0.4, -0.2) is 42.1 Å². The Morgan fingerprint density at radius 3 is 2.60 bits per heavy atom. The van der Waals surface area contributed by atoms with Gasteiger partial charge in [-0.25, -0.2) is 0 Å². The highest BCUT2D eigenvalue weighted by Crippen LogP contribution is 2.19. The Labute approximate surface area is 119 Å². The molecule has 0 aliphatic rings. The van der Waals surface area contributed by atoms with Gasteiger partial charge in [0.15, 0.2) is 0 Å². The molecule has 1 rings (SSSR count). The van der Waals surface area contributed by atoms with E-state index in [2.05, 4.69) is 0 Å². The van der Waals surface area contributed by atoms with Crippen LogP contribution in [0.4, 0.5) is 0 Å². The molecule has 1 N–H and O–H groups in total. The van der Waals surface area contributed by atoms with Gasteiger partial charge >= 0.3 is 5.97 Å². The van der Waals surface area contributed by atoms with Crippen LogP contribution in [0.15, 0.2) is 18.2 Å². The first-order valence-electron chi connectivity index (χ1n) is 6.61. The van der Waals surface area contributed by atoms with E-state index in [1.54, 1.807) is 7.11 Å². The van der Waals surface area contributed by atoms with Gasteiger partial charge in [0.1, 0.15) is 12.3 Å². The summed E-state index contributed by atoms with van der Waals surface area (Å²) in [5.74, 6) is -0.441. The van der Waals surface area contributed by atoms with Gasteiger partial charge in [-0.2, -0.15) is 0 Å². The van der Waals surface area contributed by atoms with Crippen LogP contribution in [0.1, 0.15) is 24.5 Å².